The quantitative estimate of drug-likeness (QED) is 0.590. The van der Waals surface area contributed by atoms with Gasteiger partial charge in [-0.2, -0.15) is 13.2 Å². The summed E-state index contributed by atoms with van der Waals surface area (Å²) in [6.07, 6.45) is -1.16. The minimum atomic E-state index is -4.59. The van der Waals surface area contributed by atoms with E-state index in [1.54, 1.807) is 30.3 Å². The lowest BCUT2D eigenvalue weighted by Crippen LogP contribution is -2.28. The van der Waals surface area contributed by atoms with Crippen molar-refractivity contribution in [3.8, 4) is 11.1 Å². The third kappa shape index (κ3) is 3.90. The number of imide groups is 1. The number of halogens is 3. The van der Waals surface area contributed by atoms with Gasteiger partial charge in [-0.1, -0.05) is 18.2 Å². The average Bonchev–Trinajstić information content (AvgIpc) is 3.53. The molecule has 164 valence electrons. The molecule has 0 atom stereocenters. The molecule has 0 radical (unpaired) electrons. The van der Waals surface area contributed by atoms with Crippen molar-refractivity contribution in [2.45, 2.75) is 44.4 Å². The van der Waals surface area contributed by atoms with Crippen LogP contribution < -0.4 is 5.32 Å². The molecule has 1 aromatic heterocycles. The lowest BCUT2D eigenvalue weighted by Gasteiger charge is -2.16. The van der Waals surface area contributed by atoms with E-state index in [4.69, 9.17) is 0 Å². The number of likely N-dealkylation sites (tertiary alicyclic amines) is 1. The third-order valence-corrected chi connectivity index (χ3v) is 5.72. The Labute approximate surface area is 181 Å². The fourth-order valence-corrected chi connectivity index (χ4v) is 3.92. The van der Waals surface area contributed by atoms with Crippen LogP contribution in [0.1, 0.15) is 36.8 Å². The number of alkyl halides is 3. The zero-order valence-electron chi connectivity index (χ0n) is 16.9. The molecule has 2 fully saturated rings. The molecule has 1 saturated carbocycles. The van der Waals surface area contributed by atoms with Crippen molar-refractivity contribution in [3.05, 3.63) is 53.9 Å². The van der Waals surface area contributed by atoms with Gasteiger partial charge in [0.15, 0.2) is 0 Å². The molecule has 5 rings (SSSR count). The molecule has 2 heterocycles. The third-order valence-electron chi connectivity index (χ3n) is 5.72. The van der Waals surface area contributed by atoms with Gasteiger partial charge in [0.05, 0.1) is 17.6 Å². The Morgan fingerprint density at radius 1 is 1.00 bits per heavy atom. The Bertz CT molecular complexity index is 1220. The number of amides is 2. The standard InChI is InChI=1S/C23H19F3N4O2/c24-23(25,26)18-10-15(9-17-21(18)27-12-28-22(17)29-16-4-5-16)14-3-1-2-13(8-14)11-30-19(31)6-7-20(30)32/h1-3,8-10,12,16H,4-7,11H2,(H,27,28,29). The second-order valence-electron chi connectivity index (χ2n) is 8.13. The molecule has 2 aliphatic rings. The summed E-state index contributed by atoms with van der Waals surface area (Å²) in [5.74, 6) is -0.0916. The lowest BCUT2D eigenvalue weighted by atomic mass is 9.97. The molecule has 32 heavy (non-hydrogen) atoms. The van der Waals surface area contributed by atoms with Gasteiger partial charge in [-0.3, -0.25) is 14.5 Å². The summed E-state index contributed by atoms with van der Waals surface area (Å²) in [6.45, 7) is 0.100. The first-order chi connectivity index (χ1) is 15.3. The number of hydrogen-bond donors (Lipinski definition) is 1. The van der Waals surface area contributed by atoms with Crippen LogP contribution in [0.4, 0.5) is 19.0 Å². The Morgan fingerprint density at radius 2 is 1.75 bits per heavy atom. The van der Waals surface area contributed by atoms with E-state index in [1.165, 1.54) is 4.90 Å². The normalized spacial score (nSPS) is 16.8. The smallest absolute Gasteiger partial charge is 0.367 e. The van der Waals surface area contributed by atoms with Crippen LogP contribution in [-0.4, -0.2) is 32.7 Å². The van der Waals surface area contributed by atoms with E-state index < -0.39 is 11.7 Å². The number of rotatable bonds is 5. The Hall–Kier alpha value is -3.49. The average molecular weight is 440 g/mol. The van der Waals surface area contributed by atoms with Crippen LogP contribution >= 0.6 is 0 Å². The molecule has 2 aromatic carbocycles. The molecule has 0 unspecified atom stereocenters. The molecule has 0 bridgehead atoms. The van der Waals surface area contributed by atoms with Crippen LogP contribution in [0.3, 0.4) is 0 Å². The van der Waals surface area contributed by atoms with Crippen LogP contribution in [0.2, 0.25) is 0 Å². The van der Waals surface area contributed by atoms with Crippen LogP contribution in [0.5, 0.6) is 0 Å². The van der Waals surface area contributed by atoms with Crippen molar-refractivity contribution in [2.75, 3.05) is 5.32 Å². The highest BCUT2D eigenvalue weighted by molar-refractivity contribution is 6.02. The van der Waals surface area contributed by atoms with Crippen LogP contribution in [0.25, 0.3) is 22.0 Å². The van der Waals surface area contributed by atoms with Crippen molar-refractivity contribution in [2.24, 2.45) is 0 Å². The molecular weight excluding hydrogens is 421 g/mol. The second-order valence-corrected chi connectivity index (χ2v) is 8.13. The van der Waals surface area contributed by atoms with Gasteiger partial charge in [0.2, 0.25) is 11.8 Å². The van der Waals surface area contributed by atoms with Crippen molar-refractivity contribution in [1.82, 2.24) is 14.9 Å². The number of fused-ring (bicyclic) bond motifs is 1. The number of aromatic nitrogens is 2. The SMILES string of the molecule is O=C1CCC(=O)N1Cc1cccc(-c2cc(C(F)(F)F)c3ncnc(NC4CC4)c3c2)c1. The first kappa shape index (κ1) is 20.4. The van der Waals surface area contributed by atoms with Crippen molar-refractivity contribution in [1.29, 1.82) is 0 Å². The van der Waals surface area contributed by atoms with E-state index in [0.717, 1.165) is 25.2 Å². The van der Waals surface area contributed by atoms with E-state index >= 15 is 0 Å². The summed E-state index contributed by atoms with van der Waals surface area (Å²) in [5, 5.41) is 3.49. The summed E-state index contributed by atoms with van der Waals surface area (Å²) in [4.78, 5) is 33.2. The van der Waals surface area contributed by atoms with Crippen molar-refractivity contribution < 1.29 is 22.8 Å². The van der Waals surface area contributed by atoms with Gasteiger partial charge < -0.3 is 5.32 Å². The summed E-state index contributed by atoms with van der Waals surface area (Å²) in [6, 6.07) is 9.82. The Balaban J connectivity index is 1.59. The largest absolute Gasteiger partial charge is 0.418 e. The van der Waals surface area contributed by atoms with Crippen molar-refractivity contribution >= 4 is 28.5 Å². The van der Waals surface area contributed by atoms with E-state index in [0.29, 0.717) is 27.9 Å². The highest BCUT2D eigenvalue weighted by atomic mass is 19.4. The molecule has 3 aromatic rings. The predicted octanol–water partition coefficient (Wildman–Crippen LogP) is 4.54. The van der Waals surface area contributed by atoms with E-state index in [1.807, 2.05) is 0 Å². The van der Waals surface area contributed by atoms with Gasteiger partial charge in [0.1, 0.15) is 12.1 Å². The minimum absolute atomic E-state index is 0.100. The highest BCUT2D eigenvalue weighted by Crippen LogP contribution is 2.39. The monoisotopic (exact) mass is 440 g/mol. The fourth-order valence-electron chi connectivity index (χ4n) is 3.92. The van der Waals surface area contributed by atoms with Crippen molar-refractivity contribution in [3.63, 3.8) is 0 Å². The highest BCUT2D eigenvalue weighted by Gasteiger charge is 2.35. The van der Waals surface area contributed by atoms with Gasteiger partial charge in [0, 0.05) is 24.3 Å². The molecule has 0 spiro atoms. The van der Waals surface area contributed by atoms with Gasteiger partial charge in [-0.25, -0.2) is 9.97 Å². The second kappa shape index (κ2) is 7.58. The van der Waals surface area contributed by atoms with Gasteiger partial charge in [0.25, 0.3) is 0 Å². The van der Waals surface area contributed by atoms with Crippen LogP contribution in [-0.2, 0) is 22.3 Å². The maximum absolute atomic E-state index is 13.9. The minimum Gasteiger partial charge on any atom is -0.367 e. The summed E-state index contributed by atoms with van der Waals surface area (Å²) < 4.78 is 41.7. The maximum atomic E-state index is 13.9. The summed E-state index contributed by atoms with van der Waals surface area (Å²) in [7, 11) is 0. The van der Waals surface area contributed by atoms with E-state index in [9.17, 15) is 22.8 Å². The molecule has 6 nitrogen and oxygen atoms in total. The zero-order chi connectivity index (χ0) is 22.5. The van der Waals surface area contributed by atoms with Gasteiger partial charge in [-0.15, -0.1) is 0 Å². The number of hydrogen-bond acceptors (Lipinski definition) is 5. The number of carbonyl (C=O) groups excluding carboxylic acids is 2. The molecule has 1 N–H and O–H groups in total. The van der Waals surface area contributed by atoms with E-state index in [-0.39, 0.29) is 42.8 Å². The number of carbonyl (C=O) groups is 2. The fraction of sp³-hybridized carbons (Fsp3) is 0.304. The Morgan fingerprint density at radius 3 is 2.44 bits per heavy atom. The van der Waals surface area contributed by atoms with Crippen LogP contribution in [0.15, 0.2) is 42.7 Å². The molecular formula is C23H19F3N4O2. The topological polar surface area (TPSA) is 75.2 Å². The summed E-state index contributed by atoms with van der Waals surface area (Å²) >= 11 is 0. The lowest BCUT2D eigenvalue weighted by molar-refractivity contribution is -0.139. The first-order valence-corrected chi connectivity index (χ1v) is 10.3. The number of anilines is 1. The molecule has 1 aliphatic heterocycles. The van der Waals surface area contributed by atoms with Gasteiger partial charge in [-0.05, 0) is 47.7 Å². The predicted molar refractivity (Wildman–Crippen MR) is 111 cm³/mol. The molecule has 2 amide bonds. The first-order valence-electron chi connectivity index (χ1n) is 10.3. The molecule has 9 heteroatoms. The summed E-state index contributed by atoms with van der Waals surface area (Å²) in [5.41, 5.74) is 0.598. The zero-order valence-corrected chi connectivity index (χ0v) is 16.9. The number of benzene rings is 2. The number of nitrogens with zero attached hydrogens (tertiary/aromatic N) is 3. The van der Waals surface area contributed by atoms with Gasteiger partial charge >= 0.3 is 6.18 Å². The molecule has 1 saturated heterocycles. The molecule has 1 aliphatic carbocycles. The maximum Gasteiger partial charge on any atom is 0.418 e. The number of nitrogens with one attached hydrogen (secondary N) is 1. The van der Waals surface area contributed by atoms with E-state index in [2.05, 4.69) is 15.3 Å². The Kier molecular flexibility index (Phi) is 4.83. The van der Waals surface area contributed by atoms with Crippen LogP contribution in [0, 0.1) is 0 Å².